The van der Waals surface area contributed by atoms with E-state index in [-0.39, 0.29) is 11.7 Å². The van der Waals surface area contributed by atoms with E-state index in [1.807, 2.05) is 4.90 Å². The molecule has 0 bridgehead atoms. The molecule has 3 rings (SSSR count). The van der Waals surface area contributed by atoms with Crippen LogP contribution in [-0.2, 0) is 11.3 Å². The molecule has 2 aliphatic heterocycles. The van der Waals surface area contributed by atoms with E-state index >= 15 is 0 Å². The van der Waals surface area contributed by atoms with Crippen LogP contribution in [0.1, 0.15) is 12.5 Å². The van der Waals surface area contributed by atoms with Gasteiger partial charge in [-0.3, -0.25) is 14.6 Å². The highest BCUT2D eigenvalue weighted by Gasteiger charge is 2.26. The number of carbonyl (C=O) groups excluding carboxylic acids is 1. The first-order chi connectivity index (χ1) is 12.0. The van der Waals surface area contributed by atoms with E-state index in [1.165, 1.54) is 6.07 Å². The molecule has 0 unspecified atom stereocenters. The molecule has 2 saturated heterocycles. The van der Waals surface area contributed by atoms with Gasteiger partial charge in [-0.1, -0.05) is 17.7 Å². The number of rotatable bonds is 4. The lowest BCUT2D eigenvalue weighted by molar-refractivity contribution is -0.135. The molecule has 0 aliphatic carbocycles. The summed E-state index contributed by atoms with van der Waals surface area (Å²) in [4.78, 5) is 18.9. The lowest BCUT2D eigenvalue weighted by atomic mass is 10.1. The van der Waals surface area contributed by atoms with Gasteiger partial charge in [0.15, 0.2) is 0 Å². The second kappa shape index (κ2) is 8.45. The first-order valence-corrected chi connectivity index (χ1v) is 9.30. The second-order valence-corrected chi connectivity index (χ2v) is 7.29. The van der Waals surface area contributed by atoms with Crippen LogP contribution in [0.25, 0.3) is 0 Å². The van der Waals surface area contributed by atoms with Gasteiger partial charge in [0.25, 0.3) is 0 Å². The molecule has 0 radical (unpaired) electrons. The van der Waals surface area contributed by atoms with Crippen LogP contribution in [-0.4, -0.2) is 79.0 Å². The van der Waals surface area contributed by atoms with E-state index in [0.29, 0.717) is 42.8 Å². The van der Waals surface area contributed by atoms with Crippen molar-refractivity contribution in [1.82, 2.24) is 20.0 Å². The van der Waals surface area contributed by atoms with Gasteiger partial charge in [0.1, 0.15) is 5.82 Å². The molecule has 0 saturated carbocycles. The molecular weight excluding hydrogens is 343 g/mol. The third kappa shape index (κ3) is 4.70. The van der Waals surface area contributed by atoms with Crippen LogP contribution in [0.3, 0.4) is 0 Å². The largest absolute Gasteiger partial charge is 0.339 e. The van der Waals surface area contributed by atoms with Crippen LogP contribution >= 0.6 is 11.6 Å². The van der Waals surface area contributed by atoms with Crippen molar-refractivity contribution in [1.29, 1.82) is 0 Å². The average Bonchev–Trinajstić information content (AvgIpc) is 2.61. The number of hydrogen-bond donors (Lipinski definition) is 1. The van der Waals surface area contributed by atoms with Gasteiger partial charge in [0, 0.05) is 69.0 Å². The zero-order valence-corrected chi connectivity index (χ0v) is 15.4. The van der Waals surface area contributed by atoms with E-state index in [1.54, 1.807) is 12.1 Å². The van der Waals surface area contributed by atoms with Crippen LogP contribution in [0, 0.1) is 5.82 Å². The summed E-state index contributed by atoms with van der Waals surface area (Å²) in [5.74, 6) is -0.0731. The number of piperazine rings is 2. The molecule has 0 aromatic heterocycles. The second-order valence-electron chi connectivity index (χ2n) is 6.88. The number of halogens is 2. The standard InChI is InChI=1S/C18H26ClFN4O/c1-14-11-21-5-6-24(14)13-18(25)23-9-7-22(8-10-23)12-15-16(19)3-2-4-17(15)20/h2-4,14,21H,5-13H2,1H3/t14-/m1/s1. The van der Waals surface area contributed by atoms with Gasteiger partial charge in [-0.2, -0.15) is 0 Å². The Balaban J connectivity index is 1.49. The summed E-state index contributed by atoms with van der Waals surface area (Å²) < 4.78 is 13.9. The van der Waals surface area contributed by atoms with Gasteiger partial charge in [-0.15, -0.1) is 0 Å². The SMILES string of the molecule is C[C@@H]1CNCCN1CC(=O)N1CCN(Cc2c(F)cccc2Cl)CC1. The minimum absolute atomic E-state index is 0.192. The van der Waals surface area contributed by atoms with Gasteiger partial charge in [-0.25, -0.2) is 4.39 Å². The fraction of sp³-hybridized carbons (Fsp3) is 0.611. The Morgan fingerprint density at radius 1 is 1.28 bits per heavy atom. The Morgan fingerprint density at radius 2 is 2.04 bits per heavy atom. The summed E-state index contributed by atoms with van der Waals surface area (Å²) >= 11 is 6.11. The molecule has 1 atom stereocenters. The molecule has 5 nitrogen and oxygen atoms in total. The number of carbonyl (C=O) groups is 1. The molecule has 25 heavy (non-hydrogen) atoms. The van der Waals surface area contributed by atoms with Crippen molar-refractivity contribution in [2.75, 3.05) is 52.4 Å². The number of benzene rings is 1. The molecule has 1 amide bonds. The van der Waals surface area contributed by atoms with Gasteiger partial charge < -0.3 is 10.2 Å². The van der Waals surface area contributed by atoms with Gasteiger partial charge in [0.05, 0.1) is 6.54 Å². The Morgan fingerprint density at radius 3 is 2.72 bits per heavy atom. The Bertz CT molecular complexity index is 586. The summed E-state index contributed by atoms with van der Waals surface area (Å²) in [5, 5.41) is 3.80. The molecule has 1 aromatic carbocycles. The number of nitrogens with one attached hydrogen (secondary N) is 1. The maximum atomic E-state index is 13.9. The zero-order valence-electron chi connectivity index (χ0n) is 14.7. The molecule has 1 aromatic rings. The first-order valence-electron chi connectivity index (χ1n) is 8.92. The smallest absolute Gasteiger partial charge is 0.236 e. The van der Waals surface area contributed by atoms with Crippen molar-refractivity contribution in [3.05, 3.63) is 34.6 Å². The summed E-state index contributed by atoms with van der Waals surface area (Å²) in [6.45, 7) is 8.77. The highest BCUT2D eigenvalue weighted by molar-refractivity contribution is 6.31. The third-order valence-corrected chi connectivity index (χ3v) is 5.50. The lowest BCUT2D eigenvalue weighted by Gasteiger charge is -2.38. The molecule has 2 aliphatic rings. The molecule has 2 fully saturated rings. The summed E-state index contributed by atoms with van der Waals surface area (Å²) in [6.07, 6.45) is 0. The fourth-order valence-electron chi connectivity index (χ4n) is 3.45. The topological polar surface area (TPSA) is 38.8 Å². The highest BCUT2D eigenvalue weighted by atomic mass is 35.5. The van der Waals surface area contributed by atoms with Crippen LogP contribution < -0.4 is 5.32 Å². The highest BCUT2D eigenvalue weighted by Crippen LogP contribution is 2.21. The van der Waals surface area contributed by atoms with E-state index in [9.17, 15) is 9.18 Å². The van der Waals surface area contributed by atoms with Crippen LogP contribution in [0.5, 0.6) is 0 Å². The monoisotopic (exact) mass is 368 g/mol. The molecule has 7 heteroatoms. The van der Waals surface area contributed by atoms with Crippen LogP contribution in [0.4, 0.5) is 4.39 Å². The number of amides is 1. The number of hydrogen-bond acceptors (Lipinski definition) is 4. The molecular formula is C18H26ClFN4O. The maximum absolute atomic E-state index is 13.9. The normalized spacial score (nSPS) is 23.0. The predicted octanol–water partition coefficient (Wildman–Crippen LogP) is 1.42. The molecule has 0 spiro atoms. The zero-order chi connectivity index (χ0) is 17.8. The molecule has 1 N–H and O–H groups in total. The van der Waals surface area contributed by atoms with Crippen molar-refractivity contribution in [2.24, 2.45) is 0 Å². The van der Waals surface area contributed by atoms with Crippen molar-refractivity contribution in [3.63, 3.8) is 0 Å². The van der Waals surface area contributed by atoms with Gasteiger partial charge in [0.2, 0.25) is 5.91 Å². The van der Waals surface area contributed by atoms with E-state index in [2.05, 4.69) is 22.0 Å². The summed E-state index contributed by atoms with van der Waals surface area (Å²) in [7, 11) is 0. The van der Waals surface area contributed by atoms with Crippen LogP contribution in [0.2, 0.25) is 5.02 Å². The first kappa shape index (κ1) is 18.6. The van der Waals surface area contributed by atoms with Crippen molar-refractivity contribution < 1.29 is 9.18 Å². The third-order valence-electron chi connectivity index (χ3n) is 5.15. The molecule has 138 valence electrons. The quantitative estimate of drug-likeness (QED) is 0.872. The molecule has 2 heterocycles. The summed E-state index contributed by atoms with van der Waals surface area (Å²) in [6, 6.07) is 5.17. The number of nitrogens with zero attached hydrogens (tertiary/aromatic N) is 3. The Kier molecular flexibility index (Phi) is 6.28. The Labute approximate surface area is 153 Å². The minimum Gasteiger partial charge on any atom is -0.339 e. The van der Waals surface area contributed by atoms with Gasteiger partial charge in [-0.05, 0) is 19.1 Å². The van der Waals surface area contributed by atoms with Crippen LogP contribution in [0.15, 0.2) is 18.2 Å². The fourth-order valence-corrected chi connectivity index (χ4v) is 3.68. The van der Waals surface area contributed by atoms with Crippen molar-refractivity contribution in [2.45, 2.75) is 19.5 Å². The lowest BCUT2D eigenvalue weighted by Crippen LogP contribution is -2.55. The van der Waals surface area contributed by atoms with Crippen molar-refractivity contribution >= 4 is 17.5 Å². The Hall–Kier alpha value is -1.21. The maximum Gasteiger partial charge on any atom is 0.236 e. The van der Waals surface area contributed by atoms with Gasteiger partial charge >= 0.3 is 0 Å². The van der Waals surface area contributed by atoms with E-state index in [4.69, 9.17) is 11.6 Å². The average molecular weight is 369 g/mol. The van der Waals surface area contributed by atoms with E-state index < -0.39 is 0 Å². The van der Waals surface area contributed by atoms with Crippen molar-refractivity contribution in [3.8, 4) is 0 Å². The predicted molar refractivity (Wildman–Crippen MR) is 97.2 cm³/mol. The van der Waals surface area contributed by atoms with E-state index in [0.717, 1.165) is 32.7 Å². The minimum atomic E-state index is -0.265. The summed E-state index contributed by atoms with van der Waals surface area (Å²) in [5.41, 5.74) is 0.540.